The molecule has 0 radical (unpaired) electrons. The van der Waals surface area contributed by atoms with Gasteiger partial charge in [-0.25, -0.2) is 4.98 Å². The van der Waals surface area contributed by atoms with Gasteiger partial charge in [0.15, 0.2) is 0 Å². The largest absolute Gasteiger partial charge is 0.384 e. The number of nitriles is 1. The van der Waals surface area contributed by atoms with Gasteiger partial charge < -0.3 is 14.2 Å². The highest BCUT2D eigenvalue weighted by Gasteiger charge is 2.36. The average molecular weight is 457 g/mol. The van der Waals surface area contributed by atoms with E-state index in [0.717, 1.165) is 43.6 Å². The first-order valence-corrected chi connectivity index (χ1v) is 11.8. The molecule has 0 spiro atoms. The SMILES string of the molecule is COCC1(Cc2cccc(C)c2)CCN(C(=O)Cc2cncn2Cc2ccc(C#N)cc2)CC1. The number of hydrogen-bond acceptors (Lipinski definition) is 4. The number of amides is 1. The zero-order chi connectivity index (χ0) is 24.0. The molecular formula is C28H32N4O2. The van der Waals surface area contributed by atoms with E-state index in [9.17, 15) is 4.79 Å². The van der Waals surface area contributed by atoms with Crippen LogP contribution in [0.2, 0.25) is 0 Å². The Kier molecular flexibility index (Phi) is 7.44. The van der Waals surface area contributed by atoms with Crippen molar-refractivity contribution < 1.29 is 9.53 Å². The van der Waals surface area contributed by atoms with E-state index in [1.54, 1.807) is 19.6 Å². The number of benzene rings is 2. The molecule has 0 aliphatic carbocycles. The second-order valence-corrected chi connectivity index (χ2v) is 9.48. The highest BCUT2D eigenvalue weighted by atomic mass is 16.5. The van der Waals surface area contributed by atoms with Crippen molar-refractivity contribution in [2.24, 2.45) is 5.41 Å². The molecule has 2 aromatic carbocycles. The summed E-state index contributed by atoms with van der Waals surface area (Å²) < 4.78 is 7.63. The van der Waals surface area contributed by atoms with Crippen molar-refractivity contribution in [3.05, 3.63) is 89.0 Å². The molecule has 1 fully saturated rings. The number of aryl methyl sites for hydroxylation is 1. The van der Waals surface area contributed by atoms with Gasteiger partial charge in [-0.1, -0.05) is 42.0 Å². The monoisotopic (exact) mass is 456 g/mol. The third kappa shape index (κ3) is 5.73. The second kappa shape index (κ2) is 10.7. The standard InChI is InChI=1S/C28H32N4O2/c1-22-4-3-5-25(14-22)16-28(20-34-2)10-12-31(13-11-28)27(33)15-26-18-30-21-32(26)19-24-8-6-23(17-29)7-9-24/h3-9,14,18,21H,10-13,15-16,19-20H2,1-2H3. The number of hydrogen-bond donors (Lipinski definition) is 0. The predicted octanol–water partition coefficient (Wildman–Crippen LogP) is 4.15. The first kappa shape index (κ1) is 23.7. The van der Waals surface area contributed by atoms with E-state index in [1.165, 1.54) is 11.1 Å². The van der Waals surface area contributed by atoms with Crippen LogP contribution in [0, 0.1) is 23.7 Å². The summed E-state index contributed by atoms with van der Waals surface area (Å²) in [5, 5.41) is 8.98. The Labute approximate surface area is 201 Å². The van der Waals surface area contributed by atoms with Crippen LogP contribution in [0.4, 0.5) is 0 Å². The molecule has 176 valence electrons. The molecule has 2 heterocycles. The van der Waals surface area contributed by atoms with Crippen molar-refractivity contribution in [1.29, 1.82) is 5.26 Å². The maximum atomic E-state index is 13.1. The summed E-state index contributed by atoms with van der Waals surface area (Å²) in [4.78, 5) is 19.4. The lowest BCUT2D eigenvalue weighted by atomic mass is 9.74. The third-order valence-corrected chi connectivity index (χ3v) is 6.86. The molecule has 0 atom stereocenters. The summed E-state index contributed by atoms with van der Waals surface area (Å²) in [7, 11) is 1.77. The van der Waals surface area contributed by atoms with Crippen molar-refractivity contribution in [2.75, 3.05) is 26.8 Å². The van der Waals surface area contributed by atoms with Crippen molar-refractivity contribution in [1.82, 2.24) is 14.5 Å². The number of nitrogens with zero attached hydrogens (tertiary/aromatic N) is 4. The average Bonchev–Trinajstić information content (AvgIpc) is 3.26. The van der Waals surface area contributed by atoms with E-state index in [-0.39, 0.29) is 11.3 Å². The lowest BCUT2D eigenvalue weighted by molar-refractivity contribution is -0.133. The van der Waals surface area contributed by atoms with Crippen LogP contribution in [0.3, 0.4) is 0 Å². The van der Waals surface area contributed by atoms with Gasteiger partial charge in [0.25, 0.3) is 0 Å². The Hall–Kier alpha value is -3.43. The Balaban J connectivity index is 1.37. The van der Waals surface area contributed by atoms with Gasteiger partial charge in [-0.2, -0.15) is 5.26 Å². The van der Waals surface area contributed by atoms with Crippen molar-refractivity contribution in [3.63, 3.8) is 0 Å². The lowest BCUT2D eigenvalue weighted by Gasteiger charge is -2.41. The normalized spacial score (nSPS) is 15.1. The van der Waals surface area contributed by atoms with Crippen LogP contribution in [0.5, 0.6) is 0 Å². The molecule has 1 aliphatic heterocycles. The fraction of sp³-hybridized carbons (Fsp3) is 0.393. The molecule has 1 saturated heterocycles. The molecule has 1 amide bonds. The molecule has 0 N–H and O–H groups in total. The molecule has 1 aromatic heterocycles. The number of aromatic nitrogens is 2. The summed E-state index contributed by atoms with van der Waals surface area (Å²) >= 11 is 0. The Bertz CT molecular complexity index is 1150. The zero-order valence-electron chi connectivity index (χ0n) is 20.0. The van der Waals surface area contributed by atoms with Crippen LogP contribution < -0.4 is 0 Å². The van der Waals surface area contributed by atoms with Gasteiger partial charge in [0, 0.05) is 44.0 Å². The number of rotatable bonds is 8. The highest BCUT2D eigenvalue weighted by Crippen LogP contribution is 2.36. The molecule has 0 bridgehead atoms. The van der Waals surface area contributed by atoms with Gasteiger partial charge in [-0.05, 0) is 49.4 Å². The van der Waals surface area contributed by atoms with Crippen molar-refractivity contribution in [2.45, 2.75) is 39.2 Å². The number of imidazole rings is 1. The molecule has 6 nitrogen and oxygen atoms in total. The molecule has 1 aliphatic rings. The Morgan fingerprint density at radius 2 is 1.91 bits per heavy atom. The summed E-state index contributed by atoms with van der Waals surface area (Å²) in [5.41, 5.74) is 5.30. The van der Waals surface area contributed by atoms with Gasteiger partial charge in [0.2, 0.25) is 5.91 Å². The predicted molar refractivity (Wildman–Crippen MR) is 131 cm³/mol. The third-order valence-electron chi connectivity index (χ3n) is 6.86. The number of ether oxygens (including phenoxy) is 1. The highest BCUT2D eigenvalue weighted by molar-refractivity contribution is 5.78. The van der Waals surface area contributed by atoms with E-state index in [0.29, 0.717) is 25.1 Å². The van der Waals surface area contributed by atoms with Gasteiger partial charge >= 0.3 is 0 Å². The number of likely N-dealkylation sites (tertiary alicyclic amines) is 1. The quantitative estimate of drug-likeness (QED) is 0.511. The maximum absolute atomic E-state index is 13.1. The second-order valence-electron chi connectivity index (χ2n) is 9.48. The smallest absolute Gasteiger partial charge is 0.228 e. The fourth-order valence-corrected chi connectivity index (χ4v) is 4.95. The van der Waals surface area contributed by atoms with Gasteiger partial charge in [0.05, 0.1) is 31.0 Å². The fourth-order valence-electron chi connectivity index (χ4n) is 4.95. The zero-order valence-corrected chi connectivity index (χ0v) is 20.0. The summed E-state index contributed by atoms with van der Waals surface area (Å²) in [6.45, 7) is 4.96. The number of methoxy groups -OCH3 is 1. The molecule has 3 aromatic rings. The van der Waals surface area contributed by atoms with Gasteiger partial charge in [0.1, 0.15) is 0 Å². The molecule has 0 saturated carbocycles. The summed E-state index contributed by atoms with van der Waals surface area (Å²) in [5.74, 6) is 0.142. The molecule has 34 heavy (non-hydrogen) atoms. The number of piperidine rings is 1. The lowest BCUT2D eigenvalue weighted by Crippen LogP contribution is -2.46. The number of carbonyl (C=O) groups excluding carboxylic acids is 1. The van der Waals surface area contributed by atoms with Gasteiger partial charge in [-0.3, -0.25) is 4.79 Å². The van der Waals surface area contributed by atoms with E-state index < -0.39 is 0 Å². The van der Waals surface area contributed by atoms with E-state index in [4.69, 9.17) is 10.00 Å². The minimum atomic E-state index is 0.0662. The van der Waals surface area contributed by atoms with Crippen LogP contribution in [0.25, 0.3) is 0 Å². The summed E-state index contributed by atoms with van der Waals surface area (Å²) in [6.07, 6.45) is 6.73. The van der Waals surface area contributed by atoms with Crippen molar-refractivity contribution >= 4 is 5.91 Å². The van der Waals surface area contributed by atoms with Crippen LogP contribution in [-0.4, -0.2) is 47.2 Å². The topological polar surface area (TPSA) is 71.2 Å². The van der Waals surface area contributed by atoms with E-state index in [1.807, 2.05) is 33.7 Å². The maximum Gasteiger partial charge on any atom is 0.228 e. The van der Waals surface area contributed by atoms with Crippen LogP contribution >= 0.6 is 0 Å². The van der Waals surface area contributed by atoms with E-state index >= 15 is 0 Å². The van der Waals surface area contributed by atoms with Crippen LogP contribution in [0.15, 0.2) is 61.1 Å². The van der Waals surface area contributed by atoms with Crippen molar-refractivity contribution in [3.8, 4) is 6.07 Å². The summed E-state index contributed by atoms with van der Waals surface area (Å²) in [6, 6.07) is 18.3. The molecule has 4 rings (SSSR count). The van der Waals surface area contributed by atoms with Crippen LogP contribution in [-0.2, 0) is 28.9 Å². The minimum Gasteiger partial charge on any atom is -0.384 e. The minimum absolute atomic E-state index is 0.0662. The van der Waals surface area contributed by atoms with E-state index in [2.05, 4.69) is 42.2 Å². The number of carbonyl (C=O) groups is 1. The molecule has 0 unspecified atom stereocenters. The van der Waals surface area contributed by atoms with Gasteiger partial charge in [-0.15, -0.1) is 0 Å². The Morgan fingerprint density at radius 3 is 2.59 bits per heavy atom. The first-order chi connectivity index (χ1) is 16.5. The Morgan fingerprint density at radius 1 is 1.15 bits per heavy atom. The first-order valence-electron chi connectivity index (χ1n) is 11.8. The molecular weight excluding hydrogens is 424 g/mol. The van der Waals surface area contributed by atoms with Crippen LogP contribution in [0.1, 0.15) is 40.8 Å². The molecule has 6 heteroatoms.